The molecule has 0 unspecified atom stereocenters. The van der Waals surface area contributed by atoms with Crippen molar-refractivity contribution in [1.29, 1.82) is 0 Å². The molecule has 0 aromatic heterocycles. The zero-order valence-corrected chi connectivity index (χ0v) is 11.7. The molecule has 6 heteroatoms. The molecule has 0 fully saturated rings. The van der Waals surface area contributed by atoms with Crippen molar-refractivity contribution in [1.82, 2.24) is 5.32 Å². The molecule has 0 heterocycles. The third-order valence-electron chi connectivity index (χ3n) is 2.39. The van der Waals surface area contributed by atoms with Crippen molar-refractivity contribution >= 4 is 11.6 Å². The van der Waals surface area contributed by atoms with E-state index in [2.05, 4.69) is 10.6 Å². The molecule has 0 atom stereocenters. The Morgan fingerprint density at radius 2 is 1.95 bits per heavy atom. The van der Waals surface area contributed by atoms with E-state index in [-0.39, 0.29) is 6.54 Å². The first-order chi connectivity index (χ1) is 9.50. The number of hydrogen-bond donors (Lipinski definition) is 2. The van der Waals surface area contributed by atoms with Gasteiger partial charge in [0.15, 0.2) is 0 Å². The van der Waals surface area contributed by atoms with Crippen molar-refractivity contribution in [2.45, 2.75) is 13.8 Å². The van der Waals surface area contributed by atoms with E-state index >= 15 is 0 Å². The average molecular weight is 286 g/mol. The number of ether oxygens (including phenoxy) is 1. The molecule has 1 aromatic carbocycles. The first-order valence-corrected chi connectivity index (χ1v) is 6.53. The van der Waals surface area contributed by atoms with E-state index in [9.17, 15) is 13.6 Å². The van der Waals surface area contributed by atoms with Crippen LogP contribution in [0.2, 0.25) is 0 Å². The minimum Gasteiger partial charge on any atom is -0.380 e. The fraction of sp³-hybridized carbons (Fsp3) is 0.500. The molecule has 2 N–H and O–H groups in total. The van der Waals surface area contributed by atoms with Crippen molar-refractivity contribution < 1.29 is 18.3 Å². The monoisotopic (exact) mass is 286 g/mol. The van der Waals surface area contributed by atoms with Crippen LogP contribution in [0.4, 0.5) is 14.5 Å². The summed E-state index contributed by atoms with van der Waals surface area (Å²) in [6, 6.07) is 3.42. The molecule has 0 saturated heterocycles. The number of para-hydroxylation sites is 1. The fourth-order valence-electron chi connectivity index (χ4n) is 1.47. The molecule has 112 valence electrons. The number of rotatable bonds is 8. The minimum atomic E-state index is -0.793. The summed E-state index contributed by atoms with van der Waals surface area (Å²) < 4.78 is 31.9. The third-order valence-corrected chi connectivity index (χ3v) is 2.39. The van der Waals surface area contributed by atoms with Gasteiger partial charge in [-0.3, -0.25) is 4.79 Å². The van der Waals surface area contributed by atoms with E-state index in [0.717, 1.165) is 12.1 Å². The SMILES string of the molecule is CC(C)COCCNCC(=O)Nc1c(F)cccc1F. The summed E-state index contributed by atoms with van der Waals surface area (Å²) in [7, 11) is 0. The summed E-state index contributed by atoms with van der Waals surface area (Å²) in [4.78, 5) is 11.5. The van der Waals surface area contributed by atoms with Crippen LogP contribution in [-0.2, 0) is 9.53 Å². The summed E-state index contributed by atoms with van der Waals surface area (Å²) in [5.74, 6) is -1.63. The van der Waals surface area contributed by atoms with Crippen LogP contribution in [0.25, 0.3) is 0 Å². The standard InChI is InChI=1S/C14H20F2N2O2/c1-10(2)9-20-7-6-17-8-13(19)18-14-11(15)4-3-5-12(14)16/h3-5,10,17H,6-9H2,1-2H3,(H,18,19). The first kappa shape index (κ1) is 16.5. The van der Waals surface area contributed by atoms with E-state index < -0.39 is 23.2 Å². The lowest BCUT2D eigenvalue weighted by Crippen LogP contribution is -2.31. The quantitative estimate of drug-likeness (QED) is 0.720. The molecule has 20 heavy (non-hydrogen) atoms. The molecule has 0 saturated carbocycles. The molecule has 1 amide bonds. The maximum absolute atomic E-state index is 13.3. The van der Waals surface area contributed by atoms with Crippen LogP contribution < -0.4 is 10.6 Å². The van der Waals surface area contributed by atoms with Crippen LogP contribution in [0.3, 0.4) is 0 Å². The molecule has 0 aliphatic heterocycles. The van der Waals surface area contributed by atoms with Gasteiger partial charge in [-0.05, 0) is 18.1 Å². The van der Waals surface area contributed by atoms with Crippen LogP contribution in [-0.4, -0.2) is 32.2 Å². The van der Waals surface area contributed by atoms with Gasteiger partial charge in [0.1, 0.15) is 17.3 Å². The zero-order chi connectivity index (χ0) is 15.0. The molecular weight excluding hydrogens is 266 g/mol. The molecule has 0 aliphatic rings. The van der Waals surface area contributed by atoms with E-state index in [4.69, 9.17) is 4.74 Å². The number of nitrogens with one attached hydrogen (secondary N) is 2. The summed E-state index contributed by atoms with van der Waals surface area (Å²) in [5.41, 5.74) is -0.421. The highest BCUT2D eigenvalue weighted by Crippen LogP contribution is 2.17. The van der Waals surface area contributed by atoms with Crippen LogP contribution in [0.15, 0.2) is 18.2 Å². The maximum Gasteiger partial charge on any atom is 0.238 e. The number of benzene rings is 1. The van der Waals surface area contributed by atoms with Crippen molar-refractivity contribution in [3.05, 3.63) is 29.8 Å². The van der Waals surface area contributed by atoms with Gasteiger partial charge in [-0.25, -0.2) is 8.78 Å². The van der Waals surface area contributed by atoms with Crippen molar-refractivity contribution in [2.75, 3.05) is 31.6 Å². The van der Waals surface area contributed by atoms with Crippen LogP contribution in [0.5, 0.6) is 0 Å². The van der Waals surface area contributed by atoms with E-state index in [1.165, 1.54) is 6.07 Å². The predicted octanol–water partition coefficient (Wildman–Crippen LogP) is 2.17. The van der Waals surface area contributed by atoms with Crippen LogP contribution >= 0.6 is 0 Å². The van der Waals surface area contributed by atoms with Gasteiger partial charge < -0.3 is 15.4 Å². The Balaban J connectivity index is 2.24. The Bertz CT molecular complexity index is 419. The average Bonchev–Trinajstić information content (AvgIpc) is 2.38. The van der Waals surface area contributed by atoms with Gasteiger partial charge in [0.25, 0.3) is 0 Å². The molecule has 1 rings (SSSR count). The van der Waals surface area contributed by atoms with Gasteiger partial charge in [-0.1, -0.05) is 19.9 Å². The summed E-state index contributed by atoms with van der Waals surface area (Å²) in [6.07, 6.45) is 0. The van der Waals surface area contributed by atoms with Crippen LogP contribution in [0.1, 0.15) is 13.8 Å². The lowest BCUT2D eigenvalue weighted by molar-refractivity contribution is -0.115. The number of hydrogen-bond acceptors (Lipinski definition) is 3. The number of halogens is 2. The van der Waals surface area contributed by atoms with Crippen LogP contribution in [0, 0.1) is 17.6 Å². The highest BCUT2D eigenvalue weighted by Gasteiger charge is 2.11. The minimum absolute atomic E-state index is 0.0290. The maximum atomic E-state index is 13.3. The lowest BCUT2D eigenvalue weighted by Gasteiger charge is -2.09. The van der Waals surface area contributed by atoms with Gasteiger partial charge in [-0.2, -0.15) is 0 Å². The molecule has 0 radical (unpaired) electrons. The number of carbonyl (C=O) groups is 1. The molecule has 4 nitrogen and oxygen atoms in total. The van der Waals surface area contributed by atoms with Gasteiger partial charge in [0, 0.05) is 13.2 Å². The molecule has 0 aliphatic carbocycles. The largest absolute Gasteiger partial charge is 0.380 e. The Kier molecular flexibility index (Phi) is 7.11. The second-order valence-electron chi connectivity index (χ2n) is 4.79. The summed E-state index contributed by atoms with van der Waals surface area (Å²) in [6.45, 7) is 5.71. The van der Waals surface area contributed by atoms with Crippen molar-refractivity contribution in [2.24, 2.45) is 5.92 Å². The van der Waals surface area contributed by atoms with E-state index in [0.29, 0.717) is 25.7 Å². The van der Waals surface area contributed by atoms with Crippen molar-refractivity contribution in [3.63, 3.8) is 0 Å². The summed E-state index contributed by atoms with van der Waals surface area (Å²) >= 11 is 0. The second kappa shape index (κ2) is 8.60. The van der Waals surface area contributed by atoms with Crippen molar-refractivity contribution in [3.8, 4) is 0 Å². The molecule has 0 spiro atoms. The molecule has 0 bridgehead atoms. The van der Waals surface area contributed by atoms with Gasteiger partial charge in [0.05, 0.1) is 13.2 Å². The zero-order valence-electron chi connectivity index (χ0n) is 11.7. The highest BCUT2D eigenvalue weighted by molar-refractivity contribution is 5.92. The Morgan fingerprint density at radius 3 is 2.55 bits per heavy atom. The number of amides is 1. The van der Waals surface area contributed by atoms with Gasteiger partial charge in [0.2, 0.25) is 5.91 Å². The number of anilines is 1. The Morgan fingerprint density at radius 1 is 1.30 bits per heavy atom. The highest BCUT2D eigenvalue weighted by atomic mass is 19.1. The first-order valence-electron chi connectivity index (χ1n) is 6.53. The fourth-order valence-corrected chi connectivity index (χ4v) is 1.47. The van der Waals surface area contributed by atoms with Gasteiger partial charge >= 0.3 is 0 Å². The normalized spacial score (nSPS) is 10.8. The lowest BCUT2D eigenvalue weighted by atomic mass is 10.2. The number of carbonyl (C=O) groups excluding carboxylic acids is 1. The Hall–Kier alpha value is -1.53. The van der Waals surface area contributed by atoms with E-state index in [1.54, 1.807) is 0 Å². The smallest absolute Gasteiger partial charge is 0.238 e. The molecular formula is C14H20F2N2O2. The van der Waals surface area contributed by atoms with E-state index in [1.807, 2.05) is 13.8 Å². The topological polar surface area (TPSA) is 50.4 Å². The summed E-state index contributed by atoms with van der Waals surface area (Å²) in [5, 5.41) is 5.03. The second-order valence-corrected chi connectivity index (χ2v) is 4.79. The predicted molar refractivity (Wildman–Crippen MR) is 73.5 cm³/mol. The Labute approximate surface area is 117 Å². The van der Waals surface area contributed by atoms with Gasteiger partial charge in [-0.15, -0.1) is 0 Å². The third kappa shape index (κ3) is 6.08. The molecule has 1 aromatic rings.